The van der Waals surface area contributed by atoms with Gasteiger partial charge in [0.1, 0.15) is 17.5 Å². The van der Waals surface area contributed by atoms with Crippen molar-refractivity contribution in [3.63, 3.8) is 0 Å². The average Bonchev–Trinajstić information content (AvgIpc) is 1.63. The standard InChI is InChI=1S/C22H22N4.C21H20N4.C19H25BN2O2.C9H9BrN2.3CO2/c1-15-5-4-6-17(11-15)13-23-22-10-8-19(14-24-22)18-7-9-21-20(12-18)16(2)25-26(21)3;1-15-4-3-5-16(10-15)12-22-21-9-7-18(13-23-21)17-6-8-20-19(11-17)14-24-25(20)2;1-14-7-6-8-15(11-14)12-21-17-10-9-16(13-22-17)20-23-18(2,3)19(4,5)24-20;1-6-8-5-7(10)3-4-9(8)12(2)11-6;3*2-1-3/h4-12,14H,13H2,1-3H3,(H,23,24);3-11,13-14H,12H2,1-2H3,(H,22,23);6-11,13H,12H2,1-5H3,(H,21,22);3-5H,1-2H3;;;. The number of aryl methyl sites for hydroxylation is 8. The lowest BCUT2D eigenvalue weighted by molar-refractivity contribution is -0.193. The topological polar surface area (TPSA) is 249 Å². The zero-order valence-corrected chi connectivity index (χ0v) is 57.4. The quantitative estimate of drug-likeness (QED) is 0.0962. The van der Waals surface area contributed by atoms with E-state index in [0.29, 0.717) is 0 Å². The van der Waals surface area contributed by atoms with Crippen LogP contribution < -0.4 is 21.4 Å². The summed E-state index contributed by atoms with van der Waals surface area (Å²) in [6.07, 6.45) is 8.30. The van der Waals surface area contributed by atoms with Gasteiger partial charge in [-0.2, -0.15) is 44.1 Å². The number of anilines is 3. The van der Waals surface area contributed by atoms with Crippen molar-refractivity contribution in [3.05, 3.63) is 238 Å². The number of rotatable bonds is 12. The number of carbonyl (C=O) groups excluding carboxylic acids is 6. The highest BCUT2D eigenvalue weighted by molar-refractivity contribution is 9.10. The van der Waals surface area contributed by atoms with Crippen LogP contribution in [0.2, 0.25) is 0 Å². The van der Waals surface area contributed by atoms with Crippen molar-refractivity contribution in [2.75, 3.05) is 16.0 Å². The highest BCUT2D eigenvalue weighted by Crippen LogP contribution is 2.37. The molecule has 6 aromatic heterocycles. The van der Waals surface area contributed by atoms with Crippen molar-refractivity contribution in [3.8, 4) is 22.3 Å². The molecule has 0 amide bonds. The molecule has 0 bridgehead atoms. The molecule has 1 saturated heterocycles. The monoisotopic (exact) mass is 1350 g/mol. The number of aromatic nitrogens is 9. The third-order valence-electron chi connectivity index (χ3n) is 16.0. The summed E-state index contributed by atoms with van der Waals surface area (Å²) in [7, 11) is 5.53. The number of hydrogen-bond acceptors (Lipinski definition) is 17. The minimum Gasteiger partial charge on any atom is -0.399 e. The van der Waals surface area contributed by atoms with Gasteiger partial charge in [0.25, 0.3) is 0 Å². The van der Waals surface area contributed by atoms with Gasteiger partial charge < -0.3 is 25.3 Å². The summed E-state index contributed by atoms with van der Waals surface area (Å²) in [4.78, 5) is 62.3. The second-order valence-electron chi connectivity index (χ2n) is 23.6. The first kappa shape index (κ1) is 72.6. The number of nitrogens with zero attached hydrogens (tertiary/aromatic N) is 9. The van der Waals surface area contributed by atoms with E-state index in [1.165, 1.54) is 49.7 Å². The summed E-state index contributed by atoms with van der Waals surface area (Å²) in [6.45, 7) is 20.9. The normalized spacial score (nSPS) is 12.1. The number of nitrogens with one attached hydrogen (secondary N) is 3. The molecule has 0 atom stereocenters. The SMILES string of the molecule is Cc1cccc(CNc2ccc(-c3ccc4c(c3)c(C)nn4C)cn2)c1.Cc1cccc(CNc2ccc(-c3ccc4c(cnn4C)c3)cn2)c1.Cc1cccc(CNc2ccc(B3OC(C)(C)C(C)(C)O3)cn2)c1.Cc1nn(C)c2ccc(Br)cc12.O=C=O.O=C=O.O=C=O. The summed E-state index contributed by atoms with van der Waals surface area (Å²) in [6, 6.07) is 56.7. The Balaban J connectivity index is 0.000000177. The molecule has 0 aliphatic carbocycles. The molecule has 13 rings (SSSR count). The van der Waals surface area contributed by atoms with E-state index in [0.717, 1.165) is 97.1 Å². The first-order valence-corrected chi connectivity index (χ1v) is 31.3. The van der Waals surface area contributed by atoms with Crippen LogP contribution in [0.1, 0.15) is 72.5 Å². The smallest absolute Gasteiger partial charge is 0.399 e. The van der Waals surface area contributed by atoms with E-state index in [1.807, 2.05) is 104 Å². The fourth-order valence-electron chi connectivity index (χ4n) is 10.4. The molecule has 0 unspecified atom stereocenters. The molecule has 1 aliphatic heterocycles. The molecule has 1 fully saturated rings. The van der Waals surface area contributed by atoms with Gasteiger partial charge in [-0.3, -0.25) is 14.0 Å². The van der Waals surface area contributed by atoms with Gasteiger partial charge in [0, 0.05) is 96.6 Å². The molecule has 1 aliphatic rings. The van der Waals surface area contributed by atoms with Gasteiger partial charge in [-0.15, -0.1) is 0 Å². The molecule has 96 heavy (non-hydrogen) atoms. The lowest BCUT2D eigenvalue weighted by atomic mass is 9.80. The average molecular weight is 1350 g/mol. The van der Waals surface area contributed by atoms with Crippen molar-refractivity contribution in [2.45, 2.75) is 93.2 Å². The molecule has 6 aromatic carbocycles. The third-order valence-corrected chi connectivity index (χ3v) is 16.4. The van der Waals surface area contributed by atoms with E-state index < -0.39 is 0 Å². The molecule has 0 saturated carbocycles. The summed E-state index contributed by atoms with van der Waals surface area (Å²) in [5.41, 5.74) is 17.9. The lowest BCUT2D eigenvalue weighted by Gasteiger charge is -2.32. The fourth-order valence-corrected chi connectivity index (χ4v) is 10.7. The minimum absolute atomic E-state index is 0.250. The molecule has 3 N–H and O–H groups in total. The molecule has 0 radical (unpaired) electrons. The van der Waals surface area contributed by atoms with E-state index in [-0.39, 0.29) is 36.8 Å². The maximum Gasteiger partial charge on any atom is 0.496 e. The number of fused-ring (bicyclic) bond motifs is 3. The third kappa shape index (κ3) is 20.1. The first-order chi connectivity index (χ1) is 46.0. The Bertz CT molecular complexity index is 4600. The highest BCUT2D eigenvalue weighted by atomic mass is 79.9. The van der Waals surface area contributed by atoms with Gasteiger partial charge in [0.15, 0.2) is 0 Å². The van der Waals surface area contributed by atoms with Crippen LogP contribution in [0.25, 0.3) is 55.0 Å². The van der Waals surface area contributed by atoms with E-state index in [9.17, 15) is 0 Å². The highest BCUT2D eigenvalue weighted by Gasteiger charge is 2.51. The largest absolute Gasteiger partial charge is 0.496 e. The maximum absolute atomic E-state index is 8.12. The Kier molecular flexibility index (Phi) is 26.0. The van der Waals surface area contributed by atoms with Crippen LogP contribution >= 0.6 is 15.9 Å². The number of halogens is 1. The van der Waals surface area contributed by atoms with Gasteiger partial charge in [-0.05, 0) is 163 Å². The van der Waals surface area contributed by atoms with E-state index in [1.54, 1.807) is 0 Å². The number of pyridine rings is 3. The van der Waals surface area contributed by atoms with Crippen molar-refractivity contribution < 1.29 is 38.1 Å². The predicted octanol–water partition coefficient (Wildman–Crippen LogP) is 13.6. The van der Waals surface area contributed by atoms with Crippen LogP contribution in [0.3, 0.4) is 0 Å². The minimum atomic E-state index is -0.367. The van der Waals surface area contributed by atoms with Crippen molar-refractivity contribution >= 4 is 97.1 Å². The molecule has 12 aromatic rings. The lowest BCUT2D eigenvalue weighted by Crippen LogP contribution is -2.41. The van der Waals surface area contributed by atoms with Gasteiger partial charge >= 0.3 is 25.6 Å². The predicted molar refractivity (Wildman–Crippen MR) is 376 cm³/mol. The van der Waals surface area contributed by atoms with Crippen molar-refractivity contribution in [1.29, 1.82) is 0 Å². The van der Waals surface area contributed by atoms with Crippen LogP contribution in [0.4, 0.5) is 17.5 Å². The zero-order valence-electron chi connectivity index (χ0n) is 55.8. The summed E-state index contributed by atoms with van der Waals surface area (Å²) >= 11 is 3.44. The van der Waals surface area contributed by atoms with Gasteiger partial charge in [-0.25, -0.2) is 15.0 Å². The van der Waals surface area contributed by atoms with Crippen LogP contribution in [0, 0.1) is 34.6 Å². The van der Waals surface area contributed by atoms with Gasteiger partial charge in [0.2, 0.25) is 0 Å². The Morgan fingerprint density at radius 2 is 0.823 bits per heavy atom. The summed E-state index contributed by atoms with van der Waals surface area (Å²) < 4.78 is 18.9. The van der Waals surface area contributed by atoms with E-state index in [2.05, 4.69) is 244 Å². The van der Waals surface area contributed by atoms with Crippen LogP contribution in [0.15, 0.2) is 193 Å². The Labute approximate surface area is 566 Å². The summed E-state index contributed by atoms with van der Waals surface area (Å²) in [5, 5.41) is 26.8. The molecule has 0 spiro atoms. The molecule has 490 valence electrons. The molecule has 7 heterocycles. The first-order valence-electron chi connectivity index (χ1n) is 30.5. The van der Waals surface area contributed by atoms with Crippen LogP contribution in [-0.4, -0.2) is 81.1 Å². The fraction of sp³-hybridized carbons (Fsp3) is 0.230. The molecular formula is C74H76BBrN12O8. The van der Waals surface area contributed by atoms with Gasteiger partial charge in [-0.1, -0.05) is 124 Å². The summed E-state index contributed by atoms with van der Waals surface area (Å²) in [5.74, 6) is 2.61. The van der Waals surface area contributed by atoms with Crippen LogP contribution in [-0.2, 0) is 78.9 Å². The number of hydrogen-bond donors (Lipinski definition) is 3. The van der Waals surface area contributed by atoms with Crippen LogP contribution in [0.5, 0.6) is 0 Å². The van der Waals surface area contributed by atoms with Crippen molar-refractivity contribution in [1.82, 2.24) is 44.3 Å². The second kappa shape index (κ2) is 34.4. The van der Waals surface area contributed by atoms with E-state index >= 15 is 0 Å². The Morgan fingerprint density at radius 1 is 0.438 bits per heavy atom. The second-order valence-corrected chi connectivity index (χ2v) is 24.5. The molecule has 20 nitrogen and oxygen atoms in total. The Morgan fingerprint density at radius 3 is 1.23 bits per heavy atom. The van der Waals surface area contributed by atoms with Crippen molar-refractivity contribution in [2.24, 2.45) is 21.1 Å². The molecular weight excluding hydrogens is 1280 g/mol. The zero-order chi connectivity index (χ0) is 69.5. The van der Waals surface area contributed by atoms with E-state index in [4.69, 9.17) is 38.1 Å². The Hall–Kier alpha value is -10.8. The number of benzene rings is 6. The molecule has 22 heteroatoms. The van der Waals surface area contributed by atoms with Gasteiger partial charge in [0.05, 0.1) is 45.3 Å². The maximum atomic E-state index is 8.12.